The molecule has 0 aliphatic heterocycles. The van der Waals surface area contributed by atoms with Crippen LogP contribution in [0.4, 0.5) is 4.39 Å². The van der Waals surface area contributed by atoms with Crippen LogP contribution in [0.25, 0.3) is 11.4 Å². The highest BCUT2D eigenvalue weighted by molar-refractivity contribution is 5.56. The second-order valence-electron chi connectivity index (χ2n) is 7.34. The van der Waals surface area contributed by atoms with Gasteiger partial charge in [-0.1, -0.05) is 19.3 Å². The topological polar surface area (TPSA) is 29.9 Å². The molecule has 3 nitrogen and oxygen atoms in total. The van der Waals surface area contributed by atoms with Crippen LogP contribution in [0.1, 0.15) is 56.7 Å². The van der Waals surface area contributed by atoms with Crippen LogP contribution in [0.2, 0.25) is 0 Å². The van der Waals surface area contributed by atoms with Gasteiger partial charge in [-0.2, -0.15) is 0 Å². The Labute approximate surface area is 143 Å². The first-order chi connectivity index (χ1) is 11.8. The molecule has 0 radical (unpaired) electrons. The van der Waals surface area contributed by atoms with Crippen LogP contribution in [0.15, 0.2) is 30.5 Å². The maximum absolute atomic E-state index is 13.3. The molecule has 4 heteroatoms. The first-order valence-corrected chi connectivity index (χ1v) is 9.34. The molecule has 0 unspecified atom stereocenters. The van der Waals surface area contributed by atoms with Crippen molar-refractivity contribution in [3.8, 4) is 11.4 Å². The third-order valence-electron chi connectivity index (χ3n) is 5.29. The predicted octanol–water partition coefficient (Wildman–Crippen LogP) is 4.69. The largest absolute Gasteiger partial charge is 0.328 e. The van der Waals surface area contributed by atoms with E-state index < -0.39 is 0 Å². The molecular formula is C20H26FN3. The van der Waals surface area contributed by atoms with Gasteiger partial charge in [-0.25, -0.2) is 9.37 Å². The van der Waals surface area contributed by atoms with Gasteiger partial charge in [-0.05, 0) is 62.4 Å². The molecule has 0 bridgehead atoms. The van der Waals surface area contributed by atoms with Gasteiger partial charge in [0.05, 0.1) is 5.69 Å². The van der Waals surface area contributed by atoms with Crippen molar-refractivity contribution in [2.24, 2.45) is 5.92 Å². The fourth-order valence-electron chi connectivity index (χ4n) is 3.71. The molecule has 1 aromatic carbocycles. The Balaban J connectivity index is 1.58. The Bertz CT molecular complexity index is 667. The predicted molar refractivity (Wildman–Crippen MR) is 94.2 cm³/mol. The lowest BCUT2D eigenvalue weighted by atomic mass is 9.95. The number of hydrogen-bond acceptors (Lipinski definition) is 2. The summed E-state index contributed by atoms with van der Waals surface area (Å²) < 4.78 is 15.6. The van der Waals surface area contributed by atoms with E-state index in [1.807, 2.05) is 12.1 Å². The molecule has 0 amide bonds. The Hall–Kier alpha value is -1.68. The summed E-state index contributed by atoms with van der Waals surface area (Å²) in [7, 11) is 0. The van der Waals surface area contributed by atoms with Gasteiger partial charge < -0.3 is 9.88 Å². The van der Waals surface area contributed by atoms with Crippen molar-refractivity contribution in [1.29, 1.82) is 0 Å². The van der Waals surface area contributed by atoms with Crippen LogP contribution in [0, 0.1) is 11.7 Å². The molecule has 1 aromatic heterocycles. The van der Waals surface area contributed by atoms with Gasteiger partial charge in [0.2, 0.25) is 0 Å². The second-order valence-corrected chi connectivity index (χ2v) is 7.34. The molecule has 2 aromatic rings. The standard InChI is InChI=1S/C20H26FN3/c21-17-10-8-16(9-11-17)20-23-18(13-22-12-15-6-7-15)14-24(20)19-4-2-1-3-5-19/h8-11,14-15,19,22H,1-7,12-13H2. The quantitative estimate of drug-likeness (QED) is 0.834. The maximum atomic E-state index is 13.3. The first kappa shape index (κ1) is 15.8. The molecule has 1 N–H and O–H groups in total. The number of rotatable bonds is 6. The van der Waals surface area contributed by atoms with Crippen molar-refractivity contribution >= 4 is 0 Å². The molecule has 2 fully saturated rings. The van der Waals surface area contributed by atoms with Gasteiger partial charge in [-0.3, -0.25) is 0 Å². The highest BCUT2D eigenvalue weighted by atomic mass is 19.1. The molecule has 0 atom stereocenters. The third-order valence-corrected chi connectivity index (χ3v) is 5.29. The highest BCUT2D eigenvalue weighted by Gasteiger charge is 2.22. The van der Waals surface area contributed by atoms with E-state index in [1.54, 1.807) is 0 Å². The summed E-state index contributed by atoms with van der Waals surface area (Å²) in [4.78, 5) is 4.88. The minimum Gasteiger partial charge on any atom is -0.328 e. The first-order valence-electron chi connectivity index (χ1n) is 9.34. The van der Waals surface area contributed by atoms with Crippen LogP contribution in [-0.2, 0) is 6.54 Å². The zero-order valence-electron chi connectivity index (χ0n) is 14.2. The highest BCUT2D eigenvalue weighted by Crippen LogP contribution is 2.33. The van der Waals surface area contributed by atoms with Crippen LogP contribution in [0.5, 0.6) is 0 Å². The normalized spacial score (nSPS) is 18.9. The number of nitrogens with one attached hydrogen (secondary N) is 1. The number of aromatic nitrogens is 2. The summed E-state index contributed by atoms with van der Waals surface area (Å²) >= 11 is 0. The van der Waals surface area contributed by atoms with Gasteiger partial charge in [0, 0.05) is 24.3 Å². The number of hydrogen-bond donors (Lipinski definition) is 1. The van der Waals surface area contributed by atoms with Gasteiger partial charge >= 0.3 is 0 Å². The van der Waals surface area contributed by atoms with Crippen molar-refractivity contribution < 1.29 is 4.39 Å². The smallest absolute Gasteiger partial charge is 0.140 e. The lowest BCUT2D eigenvalue weighted by Crippen LogP contribution is -2.16. The Kier molecular flexibility index (Phi) is 4.65. The molecule has 2 aliphatic rings. The van der Waals surface area contributed by atoms with Gasteiger partial charge in [0.1, 0.15) is 11.6 Å². The van der Waals surface area contributed by atoms with Crippen molar-refractivity contribution in [1.82, 2.24) is 14.9 Å². The van der Waals surface area contributed by atoms with Crippen LogP contribution < -0.4 is 5.32 Å². The average molecular weight is 327 g/mol. The summed E-state index contributed by atoms with van der Waals surface area (Å²) in [5, 5.41) is 3.53. The van der Waals surface area contributed by atoms with E-state index in [9.17, 15) is 4.39 Å². The molecule has 128 valence electrons. The van der Waals surface area contributed by atoms with Gasteiger partial charge in [0.15, 0.2) is 0 Å². The monoisotopic (exact) mass is 327 g/mol. The van der Waals surface area contributed by atoms with Crippen molar-refractivity contribution in [3.05, 3.63) is 42.0 Å². The summed E-state index contributed by atoms with van der Waals surface area (Å²) in [6.45, 7) is 1.92. The number of halogens is 1. The SMILES string of the molecule is Fc1ccc(-c2nc(CNCC3CC3)cn2C2CCCCC2)cc1. The van der Waals surface area contributed by atoms with E-state index in [0.717, 1.165) is 36.1 Å². The third kappa shape index (κ3) is 3.69. The van der Waals surface area contributed by atoms with Gasteiger partial charge in [-0.15, -0.1) is 0 Å². The Morgan fingerprint density at radius 1 is 1.04 bits per heavy atom. The second kappa shape index (κ2) is 7.06. The van der Waals surface area contributed by atoms with Crippen LogP contribution in [0.3, 0.4) is 0 Å². The van der Waals surface area contributed by atoms with E-state index in [-0.39, 0.29) is 5.82 Å². The summed E-state index contributed by atoms with van der Waals surface area (Å²) in [5.41, 5.74) is 2.11. The number of benzene rings is 1. The number of nitrogens with zero attached hydrogens (tertiary/aromatic N) is 2. The molecule has 2 saturated carbocycles. The van der Waals surface area contributed by atoms with Crippen molar-refractivity contribution in [2.45, 2.75) is 57.5 Å². The fourth-order valence-corrected chi connectivity index (χ4v) is 3.71. The Morgan fingerprint density at radius 3 is 2.50 bits per heavy atom. The zero-order valence-corrected chi connectivity index (χ0v) is 14.2. The van der Waals surface area contributed by atoms with Crippen LogP contribution in [-0.4, -0.2) is 16.1 Å². The van der Waals surface area contributed by atoms with Crippen LogP contribution >= 0.6 is 0 Å². The molecular weight excluding hydrogens is 301 g/mol. The molecule has 24 heavy (non-hydrogen) atoms. The zero-order chi connectivity index (χ0) is 16.4. The summed E-state index contributed by atoms with van der Waals surface area (Å²) in [6.07, 6.45) is 11.3. The molecule has 0 spiro atoms. The lowest BCUT2D eigenvalue weighted by molar-refractivity contribution is 0.355. The van der Waals surface area contributed by atoms with E-state index in [0.29, 0.717) is 6.04 Å². The van der Waals surface area contributed by atoms with E-state index in [4.69, 9.17) is 4.98 Å². The summed E-state index contributed by atoms with van der Waals surface area (Å²) in [6, 6.07) is 7.28. The number of imidazole rings is 1. The average Bonchev–Trinajstić information content (AvgIpc) is 3.34. The Morgan fingerprint density at radius 2 is 1.79 bits per heavy atom. The molecule has 4 rings (SSSR count). The minimum atomic E-state index is -0.194. The lowest BCUT2D eigenvalue weighted by Gasteiger charge is -2.24. The van der Waals surface area contributed by atoms with E-state index in [1.165, 1.54) is 57.1 Å². The fraction of sp³-hybridized carbons (Fsp3) is 0.550. The van der Waals surface area contributed by atoms with Crippen molar-refractivity contribution in [3.63, 3.8) is 0 Å². The van der Waals surface area contributed by atoms with Gasteiger partial charge in [0.25, 0.3) is 0 Å². The minimum absolute atomic E-state index is 0.194. The maximum Gasteiger partial charge on any atom is 0.140 e. The summed E-state index contributed by atoms with van der Waals surface area (Å²) in [5.74, 6) is 1.67. The molecule has 2 aliphatic carbocycles. The molecule has 1 heterocycles. The molecule has 0 saturated heterocycles. The van der Waals surface area contributed by atoms with Crippen molar-refractivity contribution in [2.75, 3.05) is 6.54 Å². The van der Waals surface area contributed by atoms with E-state index >= 15 is 0 Å². The van der Waals surface area contributed by atoms with E-state index in [2.05, 4.69) is 16.1 Å².